The Morgan fingerprint density at radius 2 is 1.94 bits per heavy atom. The zero-order valence-electron chi connectivity index (χ0n) is 16.8. The Kier molecular flexibility index (Phi) is 6.10. The van der Waals surface area contributed by atoms with Gasteiger partial charge in [0.05, 0.1) is 17.9 Å². The number of nitrogens with one attached hydrogen (secondary N) is 1. The summed E-state index contributed by atoms with van der Waals surface area (Å²) in [6.07, 6.45) is -4.68. The molecule has 3 aromatic rings. The number of alkyl halides is 3. The number of anilines is 1. The van der Waals surface area contributed by atoms with Gasteiger partial charge in [0.2, 0.25) is 5.95 Å². The molecule has 3 rings (SSSR count). The summed E-state index contributed by atoms with van der Waals surface area (Å²) in [5, 5.41) is 17.1. The summed E-state index contributed by atoms with van der Waals surface area (Å²) in [4.78, 5) is 20.4. The van der Waals surface area contributed by atoms with Crippen LogP contribution in [0.3, 0.4) is 0 Å². The lowest BCUT2D eigenvalue weighted by Crippen LogP contribution is -2.20. The van der Waals surface area contributed by atoms with Gasteiger partial charge >= 0.3 is 6.18 Å². The third kappa shape index (κ3) is 5.09. The van der Waals surface area contributed by atoms with E-state index in [0.717, 1.165) is 6.07 Å². The quantitative estimate of drug-likeness (QED) is 0.593. The molecule has 1 amide bonds. The number of tetrazole rings is 1. The molecule has 0 saturated heterocycles. The van der Waals surface area contributed by atoms with Crippen molar-refractivity contribution in [3.8, 4) is 0 Å². The second-order valence-electron chi connectivity index (χ2n) is 6.52. The third-order valence-electron chi connectivity index (χ3n) is 4.01. The standard InChI is InChI=1S/C17H18F3N9O2/c1-9(2)14-22-13(25-28(14)3)8-31-7-11-10(5-6-12(21-11)17(18,19)20)15(30)23-16-24-26-27-29(16)4/h5-6H,1,7-8H2,2-4H3,(H,23,24,27,30). The average Bonchev–Trinajstić information content (AvgIpc) is 3.26. The number of carbonyl (C=O) groups is 1. The number of amides is 1. The van der Waals surface area contributed by atoms with Crippen molar-refractivity contribution in [2.24, 2.45) is 14.1 Å². The number of nitrogens with zero attached hydrogens (tertiary/aromatic N) is 8. The highest BCUT2D eigenvalue weighted by Crippen LogP contribution is 2.28. The van der Waals surface area contributed by atoms with Crippen molar-refractivity contribution >= 4 is 17.4 Å². The Balaban J connectivity index is 1.80. The lowest BCUT2D eigenvalue weighted by Gasteiger charge is -2.12. The number of carbonyl (C=O) groups excluding carboxylic acids is 1. The highest BCUT2D eigenvalue weighted by atomic mass is 19.4. The third-order valence-corrected chi connectivity index (χ3v) is 4.01. The molecule has 164 valence electrons. The van der Waals surface area contributed by atoms with E-state index in [1.54, 1.807) is 14.0 Å². The summed E-state index contributed by atoms with van der Waals surface area (Å²) in [6, 6.07) is 1.73. The number of aromatic nitrogens is 8. The largest absolute Gasteiger partial charge is 0.433 e. The van der Waals surface area contributed by atoms with Gasteiger partial charge in [-0.05, 0) is 35.1 Å². The van der Waals surface area contributed by atoms with E-state index in [-0.39, 0.29) is 30.4 Å². The predicted octanol–water partition coefficient (Wildman–Crippen LogP) is 1.75. The fraction of sp³-hybridized carbons (Fsp3) is 0.353. The van der Waals surface area contributed by atoms with Gasteiger partial charge in [0, 0.05) is 14.1 Å². The van der Waals surface area contributed by atoms with Crippen molar-refractivity contribution in [1.82, 2.24) is 40.0 Å². The maximum absolute atomic E-state index is 13.1. The molecular formula is C17H18F3N9O2. The van der Waals surface area contributed by atoms with Crippen LogP contribution in [0, 0.1) is 0 Å². The number of hydrogen-bond acceptors (Lipinski definition) is 8. The minimum Gasteiger partial charge on any atom is -0.367 e. The van der Waals surface area contributed by atoms with Crippen LogP contribution in [-0.2, 0) is 38.2 Å². The van der Waals surface area contributed by atoms with Crippen molar-refractivity contribution in [3.63, 3.8) is 0 Å². The molecule has 0 unspecified atom stereocenters. The SMILES string of the molecule is C=C(C)c1nc(COCc2nc(C(F)(F)F)ccc2C(=O)Nc2nnnn2C)nn1C. The van der Waals surface area contributed by atoms with Crippen LogP contribution in [0.15, 0.2) is 18.7 Å². The molecular weight excluding hydrogens is 419 g/mol. The highest BCUT2D eigenvalue weighted by Gasteiger charge is 2.33. The first-order valence-electron chi connectivity index (χ1n) is 8.80. The van der Waals surface area contributed by atoms with Gasteiger partial charge in [-0.2, -0.15) is 18.3 Å². The number of allylic oxidation sites excluding steroid dienone is 1. The van der Waals surface area contributed by atoms with Crippen LogP contribution in [-0.4, -0.2) is 45.9 Å². The van der Waals surface area contributed by atoms with Crippen LogP contribution in [0.1, 0.15) is 40.3 Å². The normalized spacial score (nSPS) is 11.5. The second kappa shape index (κ2) is 8.59. The number of halogens is 3. The van der Waals surface area contributed by atoms with Crippen LogP contribution < -0.4 is 5.32 Å². The molecule has 3 aromatic heterocycles. The van der Waals surface area contributed by atoms with E-state index in [0.29, 0.717) is 23.3 Å². The molecule has 0 fully saturated rings. The first kappa shape index (κ1) is 22.0. The van der Waals surface area contributed by atoms with Gasteiger partial charge in [0.25, 0.3) is 5.91 Å². The van der Waals surface area contributed by atoms with Crippen molar-refractivity contribution < 1.29 is 22.7 Å². The van der Waals surface area contributed by atoms with E-state index >= 15 is 0 Å². The molecule has 0 spiro atoms. The first-order chi connectivity index (χ1) is 14.6. The number of rotatable bonds is 7. The van der Waals surface area contributed by atoms with Crippen LogP contribution in [0.25, 0.3) is 5.57 Å². The molecule has 1 N–H and O–H groups in total. The molecule has 0 atom stereocenters. The molecule has 0 radical (unpaired) electrons. The van der Waals surface area contributed by atoms with Gasteiger partial charge in [0.15, 0.2) is 11.6 Å². The summed E-state index contributed by atoms with van der Waals surface area (Å²) in [5.41, 5.74) is -0.785. The van der Waals surface area contributed by atoms with E-state index in [1.165, 1.54) is 16.4 Å². The Labute approximate surface area is 173 Å². The predicted molar refractivity (Wildman–Crippen MR) is 100 cm³/mol. The molecule has 0 aliphatic heterocycles. The molecule has 0 saturated carbocycles. The maximum Gasteiger partial charge on any atom is 0.433 e. The zero-order valence-corrected chi connectivity index (χ0v) is 16.8. The number of ether oxygens (including phenoxy) is 1. The van der Waals surface area contributed by atoms with E-state index in [9.17, 15) is 18.0 Å². The molecule has 0 aromatic carbocycles. The zero-order chi connectivity index (χ0) is 22.8. The fourth-order valence-corrected chi connectivity index (χ4v) is 2.59. The lowest BCUT2D eigenvalue weighted by molar-refractivity contribution is -0.141. The van der Waals surface area contributed by atoms with E-state index in [4.69, 9.17) is 4.74 Å². The monoisotopic (exact) mass is 437 g/mol. The van der Waals surface area contributed by atoms with Gasteiger partial charge in [-0.25, -0.2) is 19.3 Å². The van der Waals surface area contributed by atoms with Crippen molar-refractivity contribution in [2.45, 2.75) is 26.3 Å². The van der Waals surface area contributed by atoms with Gasteiger partial charge < -0.3 is 4.74 Å². The molecule has 31 heavy (non-hydrogen) atoms. The maximum atomic E-state index is 13.1. The minimum absolute atomic E-state index is 0.0155. The number of pyridine rings is 1. The lowest BCUT2D eigenvalue weighted by atomic mass is 10.1. The van der Waals surface area contributed by atoms with Crippen molar-refractivity contribution in [2.75, 3.05) is 5.32 Å². The summed E-state index contributed by atoms with van der Waals surface area (Å²) in [7, 11) is 3.17. The minimum atomic E-state index is -4.68. The summed E-state index contributed by atoms with van der Waals surface area (Å²) >= 11 is 0. The van der Waals surface area contributed by atoms with Crippen LogP contribution in [0.4, 0.5) is 19.1 Å². The Morgan fingerprint density at radius 1 is 1.19 bits per heavy atom. The van der Waals surface area contributed by atoms with Gasteiger partial charge in [-0.1, -0.05) is 11.7 Å². The first-order valence-corrected chi connectivity index (χ1v) is 8.80. The summed E-state index contributed by atoms with van der Waals surface area (Å²) < 4.78 is 47.5. The van der Waals surface area contributed by atoms with E-state index < -0.39 is 17.8 Å². The van der Waals surface area contributed by atoms with Crippen LogP contribution >= 0.6 is 0 Å². The average molecular weight is 437 g/mol. The number of hydrogen-bond donors (Lipinski definition) is 1. The van der Waals surface area contributed by atoms with Crippen LogP contribution in [0.2, 0.25) is 0 Å². The Morgan fingerprint density at radius 3 is 2.52 bits per heavy atom. The molecule has 14 heteroatoms. The fourth-order valence-electron chi connectivity index (χ4n) is 2.59. The van der Waals surface area contributed by atoms with Crippen LogP contribution in [0.5, 0.6) is 0 Å². The Bertz CT molecular complexity index is 1120. The molecule has 0 aliphatic rings. The van der Waals surface area contributed by atoms with Gasteiger partial charge in [-0.3, -0.25) is 10.1 Å². The molecule has 11 nitrogen and oxygen atoms in total. The van der Waals surface area contributed by atoms with Crippen molar-refractivity contribution in [3.05, 3.63) is 47.3 Å². The van der Waals surface area contributed by atoms with E-state index in [2.05, 4.69) is 42.5 Å². The smallest absolute Gasteiger partial charge is 0.367 e. The Hall–Kier alpha value is -3.68. The van der Waals surface area contributed by atoms with Crippen molar-refractivity contribution in [1.29, 1.82) is 0 Å². The molecule has 0 bridgehead atoms. The van der Waals surface area contributed by atoms with E-state index in [1.807, 2.05) is 0 Å². The molecule has 0 aliphatic carbocycles. The highest BCUT2D eigenvalue weighted by molar-refractivity contribution is 6.04. The topological polar surface area (TPSA) is 126 Å². The van der Waals surface area contributed by atoms with Gasteiger partial charge in [-0.15, -0.1) is 0 Å². The molecule has 3 heterocycles. The number of aryl methyl sites for hydroxylation is 2. The second-order valence-corrected chi connectivity index (χ2v) is 6.52. The summed E-state index contributed by atoms with van der Waals surface area (Å²) in [6.45, 7) is 5.06. The summed E-state index contributed by atoms with van der Waals surface area (Å²) in [5.74, 6) is 0.136. The van der Waals surface area contributed by atoms with Gasteiger partial charge in [0.1, 0.15) is 12.3 Å².